The Morgan fingerprint density at radius 1 is 1.00 bits per heavy atom. The number of nitrogens with zero attached hydrogens (tertiary/aromatic N) is 3. The quantitative estimate of drug-likeness (QED) is 0.275. The molecule has 0 bridgehead atoms. The number of ether oxygens (including phenoxy) is 1. The molecule has 1 unspecified atom stereocenters. The first kappa shape index (κ1) is 23.6. The predicted molar refractivity (Wildman–Crippen MR) is 139 cm³/mol. The average molecular weight is 488 g/mol. The van der Waals surface area contributed by atoms with Gasteiger partial charge >= 0.3 is 0 Å². The van der Waals surface area contributed by atoms with E-state index in [-0.39, 0.29) is 0 Å². The van der Waals surface area contributed by atoms with Crippen LogP contribution in [-0.4, -0.2) is 32.9 Å². The minimum Gasteiger partial charge on any atom is -0.439 e. The van der Waals surface area contributed by atoms with Gasteiger partial charge in [-0.1, -0.05) is 60.1 Å². The molecule has 1 heterocycles. The molecule has 0 radical (unpaired) electrons. The fourth-order valence-corrected chi connectivity index (χ4v) is 4.43. The Labute approximate surface area is 211 Å². The molecule has 0 amide bonds. The molecule has 180 valence electrons. The highest BCUT2D eigenvalue weighted by molar-refractivity contribution is 6.30. The van der Waals surface area contributed by atoms with Crippen LogP contribution in [0.2, 0.25) is 5.02 Å². The van der Waals surface area contributed by atoms with Gasteiger partial charge in [-0.2, -0.15) is 5.10 Å². The molecule has 1 aliphatic rings. The van der Waals surface area contributed by atoms with Crippen molar-refractivity contribution in [3.05, 3.63) is 107 Å². The summed E-state index contributed by atoms with van der Waals surface area (Å²) in [4.78, 5) is 2.34. The number of aliphatic hydroxyl groups is 1. The van der Waals surface area contributed by atoms with E-state index in [4.69, 9.17) is 21.4 Å². The maximum atomic E-state index is 11.0. The van der Waals surface area contributed by atoms with Gasteiger partial charge in [0, 0.05) is 24.7 Å². The molecule has 1 aromatic heterocycles. The molecular formula is C29H30ClN3O2. The molecule has 1 N–H and O–H groups in total. The molecule has 35 heavy (non-hydrogen) atoms. The normalized spacial score (nSPS) is 14.3. The van der Waals surface area contributed by atoms with Crippen molar-refractivity contribution in [2.24, 2.45) is 5.92 Å². The van der Waals surface area contributed by atoms with Crippen molar-refractivity contribution in [1.82, 2.24) is 14.7 Å². The molecular weight excluding hydrogens is 458 g/mol. The average Bonchev–Trinajstić information content (AvgIpc) is 3.65. The maximum absolute atomic E-state index is 11.0. The van der Waals surface area contributed by atoms with E-state index in [1.54, 1.807) is 0 Å². The fraction of sp³-hybridized carbons (Fsp3) is 0.276. The molecule has 5 rings (SSSR count). The number of hydrogen-bond donors (Lipinski definition) is 1. The van der Waals surface area contributed by atoms with E-state index in [0.29, 0.717) is 29.9 Å². The lowest BCUT2D eigenvalue weighted by atomic mass is 10.1. The molecule has 1 aliphatic carbocycles. The first-order valence-electron chi connectivity index (χ1n) is 12.1. The van der Waals surface area contributed by atoms with Gasteiger partial charge in [0.1, 0.15) is 5.75 Å². The van der Waals surface area contributed by atoms with E-state index in [1.807, 2.05) is 96.5 Å². The fourth-order valence-electron chi connectivity index (χ4n) is 4.30. The van der Waals surface area contributed by atoms with Crippen LogP contribution in [0.25, 0.3) is 5.69 Å². The Bertz CT molecular complexity index is 1240. The number of benzene rings is 3. The Morgan fingerprint density at radius 2 is 1.66 bits per heavy atom. The SMILES string of the molecule is Cc1nn(-c2ccc(Cl)cc2)c(Oc2ccccc2)c1CN(CC1CC1)CC(O)c1ccccc1. The third kappa shape index (κ3) is 5.93. The molecule has 1 saturated carbocycles. The predicted octanol–water partition coefficient (Wildman–Crippen LogP) is 6.57. The summed E-state index contributed by atoms with van der Waals surface area (Å²) in [6.45, 7) is 4.15. The molecule has 4 aromatic rings. The van der Waals surface area contributed by atoms with Crippen molar-refractivity contribution in [2.45, 2.75) is 32.4 Å². The summed E-state index contributed by atoms with van der Waals surface area (Å²) in [6, 6.07) is 27.2. The monoisotopic (exact) mass is 487 g/mol. The second-order valence-electron chi connectivity index (χ2n) is 9.24. The zero-order valence-electron chi connectivity index (χ0n) is 19.8. The van der Waals surface area contributed by atoms with E-state index >= 15 is 0 Å². The second-order valence-corrected chi connectivity index (χ2v) is 9.67. The summed E-state index contributed by atoms with van der Waals surface area (Å²) in [5.74, 6) is 2.12. The molecule has 1 fully saturated rings. The number of aromatic nitrogens is 2. The lowest BCUT2D eigenvalue weighted by Gasteiger charge is -2.25. The van der Waals surface area contributed by atoms with Crippen LogP contribution in [0.1, 0.15) is 35.8 Å². The third-order valence-electron chi connectivity index (χ3n) is 6.38. The van der Waals surface area contributed by atoms with Gasteiger partial charge < -0.3 is 9.84 Å². The smallest absolute Gasteiger partial charge is 0.227 e. The van der Waals surface area contributed by atoms with Crippen LogP contribution in [-0.2, 0) is 6.54 Å². The zero-order chi connectivity index (χ0) is 24.2. The van der Waals surface area contributed by atoms with Gasteiger partial charge in [-0.15, -0.1) is 0 Å². The van der Waals surface area contributed by atoms with Crippen molar-refractivity contribution in [3.63, 3.8) is 0 Å². The van der Waals surface area contributed by atoms with Crippen molar-refractivity contribution in [3.8, 4) is 17.3 Å². The van der Waals surface area contributed by atoms with Gasteiger partial charge in [0.05, 0.1) is 23.0 Å². The Morgan fingerprint density at radius 3 is 2.31 bits per heavy atom. The summed E-state index contributed by atoms with van der Waals surface area (Å²) in [5.41, 5.74) is 3.74. The third-order valence-corrected chi connectivity index (χ3v) is 6.63. The van der Waals surface area contributed by atoms with Gasteiger partial charge in [-0.05, 0) is 67.6 Å². The van der Waals surface area contributed by atoms with Crippen LogP contribution in [0.3, 0.4) is 0 Å². The number of aryl methyl sites for hydroxylation is 1. The molecule has 0 aliphatic heterocycles. The van der Waals surface area contributed by atoms with Crippen molar-refractivity contribution >= 4 is 11.6 Å². The van der Waals surface area contributed by atoms with Crippen LogP contribution in [0.15, 0.2) is 84.9 Å². The van der Waals surface area contributed by atoms with Gasteiger partial charge in [0.2, 0.25) is 5.88 Å². The number of para-hydroxylation sites is 1. The lowest BCUT2D eigenvalue weighted by Crippen LogP contribution is -2.30. The van der Waals surface area contributed by atoms with Crippen molar-refractivity contribution < 1.29 is 9.84 Å². The minimum atomic E-state index is -0.556. The molecule has 0 spiro atoms. The van der Waals surface area contributed by atoms with E-state index in [9.17, 15) is 5.11 Å². The number of aliphatic hydroxyl groups excluding tert-OH is 1. The minimum absolute atomic E-state index is 0.552. The highest BCUT2D eigenvalue weighted by Gasteiger charge is 2.28. The number of rotatable bonds is 10. The molecule has 6 heteroatoms. The van der Waals surface area contributed by atoms with E-state index in [1.165, 1.54) is 12.8 Å². The largest absolute Gasteiger partial charge is 0.439 e. The lowest BCUT2D eigenvalue weighted by molar-refractivity contribution is 0.105. The first-order chi connectivity index (χ1) is 17.1. The van der Waals surface area contributed by atoms with Gasteiger partial charge in [-0.3, -0.25) is 4.90 Å². The molecule has 5 nitrogen and oxygen atoms in total. The zero-order valence-corrected chi connectivity index (χ0v) is 20.6. The van der Waals surface area contributed by atoms with E-state index in [0.717, 1.165) is 34.8 Å². The summed E-state index contributed by atoms with van der Waals surface area (Å²) < 4.78 is 8.28. The summed E-state index contributed by atoms with van der Waals surface area (Å²) in [7, 11) is 0. The highest BCUT2D eigenvalue weighted by Crippen LogP contribution is 2.35. The summed E-state index contributed by atoms with van der Waals surface area (Å²) >= 11 is 6.14. The maximum Gasteiger partial charge on any atom is 0.227 e. The Balaban J connectivity index is 1.48. The number of halogens is 1. The van der Waals surface area contributed by atoms with Crippen LogP contribution in [0.5, 0.6) is 11.6 Å². The Kier molecular flexibility index (Phi) is 7.19. The van der Waals surface area contributed by atoms with Crippen LogP contribution >= 0.6 is 11.6 Å². The summed E-state index contributed by atoms with van der Waals surface area (Å²) in [6.07, 6.45) is 1.93. The van der Waals surface area contributed by atoms with Gasteiger partial charge in [0.15, 0.2) is 0 Å². The highest BCUT2D eigenvalue weighted by atomic mass is 35.5. The van der Waals surface area contributed by atoms with Gasteiger partial charge in [-0.25, -0.2) is 4.68 Å². The summed E-state index contributed by atoms with van der Waals surface area (Å²) in [5, 5.41) is 16.5. The van der Waals surface area contributed by atoms with E-state index < -0.39 is 6.10 Å². The number of hydrogen-bond acceptors (Lipinski definition) is 4. The van der Waals surface area contributed by atoms with Crippen LogP contribution in [0, 0.1) is 12.8 Å². The van der Waals surface area contributed by atoms with E-state index in [2.05, 4.69) is 4.90 Å². The van der Waals surface area contributed by atoms with Crippen LogP contribution in [0.4, 0.5) is 0 Å². The second kappa shape index (κ2) is 10.6. The first-order valence-corrected chi connectivity index (χ1v) is 12.5. The Hall–Kier alpha value is -3.12. The van der Waals surface area contributed by atoms with Crippen molar-refractivity contribution in [2.75, 3.05) is 13.1 Å². The molecule has 0 saturated heterocycles. The molecule has 1 atom stereocenters. The topological polar surface area (TPSA) is 50.5 Å². The van der Waals surface area contributed by atoms with Gasteiger partial charge in [0.25, 0.3) is 0 Å². The molecule has 3 aromatic carbocycles. The van der Waals surface area contributed by atoms with Crippen molar-refractivity contribution in [1.29, 1.82) is 0 Å². The standard InChI is InChI=1S/C29H30ClN3O2/c1-21-27(19-32(18-22-12-13-22)20-28(34)23-8-4-2-5-9-23)29(35-26-10-6-3-7-11-26)33(31-21)25-16-14-24(30)15-17-25/h2-11,14-17,22,28,34H,12-13,18-20H2,1H3. The van der Waals surface area contributed by atoms with Crippen LogP contribution < -0.4 is 4.74 Å².